The molecule has 19 rings (SSSR count). The van der Waals surface area contributed by atoms with Gasteiger partial charge in [0.2, 0.25) is 5.91 Å². The van der Waals surface area contributed by atoms with E-state index in [9.17, 15) is 20.1 Å². The largest absolute Gasteiger partial charge is 0.392 e. The summed E-state index contributed by atoms with van der Waals surface area (Å²) in [5.74, 6) is 6.82. The lowest BCUT2D eigenvalue weighted by Crippen LogP contribution is -2.61. The molecule has 1 aliphatic heterocycles. The van der Waals surface area contributed by atoms with Gasteiger partial charge in [-0.25, -0.2) is 0 Å². The van der Waals surface area contributed by atoms with Crippen LogP contribution in [0.1, 0.15) is 153 Å². The molecule has 1 amide bonds. The Kier molecular flexibility index (Phi) is 9.72. The zero-order valence-electron chi connectivity index (χ0n) is 39.9. The summed E-state index contributed by atoms with van der Waals surface area (Å²) in [4.78, 5) is 29.0. The zero-order valence-corrected chi connectivity index (χ0v) is 39.9. The molecule has 5 N–H and O–H groups in total. The van der Waals surface area contributed by atoms with Crippen molar-refractivity contribution in [1.82, 2.24) is 15.0 Å². The molecule has 6 unspecified atom stereocenters. The van der Waals surface area contributed by atoms with Crippen molar-refractivity contribution in [3.05, 3.63) is 87.3 Å². The van der Waals surface area contributed by atoms with E-state index >= 15 is 0 Å². The Hall–Kier alpha value is -4.38. The lowest BCUT2D eigenvalue weighted by Gasteiger charge is -2.60. The predicted molar refractivity (Wildman–Crippen MR) is 266 cm³/mol. The third-order valence-electron chi connectivity index (χ3n) is 20.3. The molecule has 0 radical (unpaired) electrons. The first kappa shape index (κ1) is 42.5. The number of anilines is 3. The van der Waals surface area contributed by atoms with Crippen LogP contribution in [0.25, 0.3) is 18.2 Å². The van der Waals surface area contributed by atoms with Crippen LogP contribution in [0.2, 0.25) is 0 Å². The van der Waals surface area contributed by atoms with Crippen molar-refractivity contribution in [3.63, 3.8) is 0 Å². The fraction of sp³-hybridized carbons (Fsp3) is 0.621. The summed E-state index contributed by atoms with van der Waals surface area (Å²) in [5, 5.41) is 38.9. The maximum absolute atomic E-state index is 13.0. The maximum Gasteiger partial charge on any atom is 0.232 e. The number of aliphatic hydroxyl groups is 3. The number of amides is 1. The minimum absolute atomic E-state index is 0.0189. The monoisotopic (exact) mass is 915 g/mol. The van der Waals surface area contributed by atoms with Crippen molar-refractivity contribution in [1.29, 1.82) is 0 Å². The Bertz CT molecular complexity index is 2620. The van der Waals surface area contributed by atoms with Crippen LogP contribution in [0.15, 0.2) is 36.8 Å². The van der Waals surface area contributed by atoms with Crippen molar-refractivity contribution >= 4 is 41.2 Å². The van der Waals surface area contributed by atoms with E-state index in [0.717, 1.165) is 121 Å². The topological polar surface area (TPSA) is 144 Å². The van der Waals surface area contributed by atoms with Gasteiger partial charge in [-0.15, -0.1) is 0 Å². The average Bonchev–Trinajstić information content (AvgIpc) is 4.12. The third-order valence-corrected chi connectivity index (χ3v) is 20.3. The number of nitrogens with zero attached hydrogens (tertiary/aromatic N) is 4. The molecule has 0 spiro atoms. The summed E-state index contributed by atoms with van der Waals surface area (Å²) in [6.07, 6.45) is 41.3. The number of hydrogen-bond donors (Lipinski definition) is 5. The molecule has 10 heteroatoms. The van der Waals surface area contributed by atoms with E-state index in [4.69, 9.17) is 0 Å². The molecule has 0 saturated heterocycles. The molecule has 15 aliphatic carbocycles. The molecule has 16 aliphatic rings. The summed E-state index contributed by atoms with van der Waals surface area (Å²) in [6.45, 7) is 2.18. The highest BCUT2D eigenvalue weighted by Gasteiger charge is 2.58. The van der Waals surface area contributed by atoms with Gasteiger partial charge in [0.15, 0.2) is 0 Å². The van der Waals surface area contributed by atoms with Gasteiger partial charge in [0.1, 0.15) is 0 Å². The van der Waals surface area contributed by atoms with Crippen LogP contribution < -0.4 is 15.5 Å². The Labute approximate surface area is 401 Å². The number of fused-ring (bicyclic) bond motifs is 5. The van der Waals surface area contributed by atoms with Gasteiger partial charge in [0.25, 0.3) is 0 Å². The first-order valence-corrected chi connectivity index (χ1v) is 26.9. The van der Waals surface area contributed by atoms with E-state index in [0.29, 0.717) is 48.1 Å². The van der Waals surface area contributed by atoms with E-state index in [-0.39, 0.29) is 17.7 Å². The van der Waals surface area contributed by atoms with Crippen molar-refractivity contribution in [2.45, 2.75) is 171 Å². The van der Waals surface area contributed by atoms with Crippen molar-refractivity contribution in [3.8, 4) is 0 Å². The summed E-state index contributed by atoms with van der Waals surface area (Å²) in [5.41, 5.74) is 13.5. The lowest BCUT2D eigenvalue weighted by molar-refractivity contribution is -0.129. The normalized spacial score (nSPS) is 40.0. The molecule has 3 aromatic heterocycles. The second-order valence-corrected chi connectivity index (χ2v) is 24.9. The predicted octanol–water partition coefficient (Wildman–Crippen LogP) is 9.31. The van der Waals surface area contributed by atoms with Crippen LogP contribution in [0.5, 0.6) is 0 Å². The van der Waals surface area contributed by atoms with Gasteiger partial charge in [-0.1, -0.05) is 36.5 Å². The van der Waals surface area contributed by atoms with Crippen molar-refractivity contribution in [2.24, 2.45) is 53.3 Å². The smallest absolute Gasteiger partial charge is 0.232 e. The second kappa shape index (κ2) is 15.6. The number of hydrogen-bond acceptors (Lipinski definition) is 9. The zero-order chi connectivity index (χ0) is 45.7. The number of aliphatic hydroxyl groups excluding tert-OH is 1. The fourth-order valence-electron chi connectivity index (χ4n) is 18.6. The van der Waals surface area contributed by atoms with Crippen LogP contribution >= 0.6 is 0 Å². The van der Waals surface area contributed by atoms with E-state index in [2.05, 4.69) is 73.9 Å². The number of carbonyl (C=O) groups is 1. The van der Waals surface area contributed by atoms with Crippen LogP contribution in [0.3, 0.4) is 0 Å². The Balaban J connectivity index is 0.0000000965. The molecule has 356 valence electrons. The molecule has 4 heterocycles. The van der Waals surface area contributed by atoms with Crippen LogP contribution in [0, 0.1) is 60.2 Å². The molecule has 3 aromatic rings. The minimum Gasteiger partial charge on any atom is -0.392 e. The number of allylic oxidation sites excluding steroid dienone is 3. The van der Waals surface area contributed by atoms with E-state index in [1.807, 2.05) is 18.6 Å². The van der Waals surface area contributed by atoms with Gasteiger partial charge in [0, 0.05) is 89.0 Å². The Morgan fingerprint density at radius 1 is 0.588 bits per heavy atom. The number of carbonyl (C=O) groups excluding carboxylic acids is 1. The van der Waals surface area contributed by atoms with E-state index in [1.165, 1.54) is 98.0 Å². The number of aryl methyl sites for hydroxylation is 1. The summed E-state index contributed by atoms with van der Waals surface area (Å²) < 4.78 is 0. The molecular weight excluding hydrogens is 845 g/mol. The number of pyridine rings is 3. The number of rotatable bonds is 6. The number of nitrogens with one attached hydrogen (secondary N) is 2. The van der Waals surface area contributed by atoms with Gasteiger partial charge in [0.05, 0.1) is 52.7 Å². The standard InChI is InChI=1S/C20H22N2O.C19H24N2O2.C19H24N2O/c23-18-7-15-11-21-17-3-1-2-16(17)19(15)22(18)20-8-12-4-13(9-20)6-14(5-12)10-20;22-10-14-9-20-16-3-1-2-15(16)18(14)21-17-12-4-11-5-13(17)8-19(23,6-11)7-12;1-11-10-20-16-4-2-3-15(16)17(11)21-18-13-5-12-6-14(18)9-19(22,7-12)8-13/h1-2,11-14H,3-10H2;1-2,9,11-13,17,22-23H,3-8,10H2,(H,20,21);2-3,10,12-14,18,22H,4-9H2,1H3,(H,20,21)/t;11?,12-,13+,17?,19?;12?,13-,14+,18?,19?. The molecule has 0 aromatic carbocycles. The van der Waals surface area contributed by atoms with Crippen molar-refractivity contribution in [2.75, 3.05) is 15.5 Å². The fourth-order valence-corrected chi connectivity index (χ4v) is 18.6. The minimum atomic E-state index is -0.394. The SMILES string of the molecule is Cc1cnc2c(c1NC1[C@@H]3CC4C[C@H]1CC(O)(C4)C3)C=CC2.O=C1Cc2cnc3c(c2N1C12CC4CC(CC(C4)C1)C2)C=CC3.OCc1cnc2c(c1NC1[C@@H]3CC4C[C@H]1CC(O)(C4)C3)C=CC2. The van der Waals surface area contributed by atoms with Gasteiger partial charge >= 0.3 is 0 Å². The first-order chi connectivity index (χ1) is 33.0. The van der Waals surface area contributed by atoms with Crippen LogP contribution in [-0.4, -0.2) is 65.0 Å². The van der Waals surface area contributed by atoms with E-state index in [1.54, 1.807) is 0 Å². The highest BCUT2D eigenvalue weighted by molar-refractivity contribution is 6.05. The molecule has 12 bridgehead atoms. The summed E-state index contributed by atoms with van der Waals surface area (Å²) >= 11 is 0. The van der Waals surface area contributed by atoms with E-state index < -0.39 is 5.60 Å². The van der Waals surface area contributed by atoms with Gasteiger partial charge in [-0.2, -0.15) is 0 Å². The maximum atomic E-state index is 13.0. The van der Waals surface area contributed by atoms with Crippen LogP contribution in [0.4, 0.5) is 17.1 Å². The molecule has 12 saturated carbocycles. The van der Waals surface area contributed by atoms with Crippen LogP contribution in [-0.2, 0) is 37.1 Å². The quantitative estimate of drug-likeness (QED) is 0.164. The molecule has 12 fully saturated rings. The third kappa shape index (κ3) is 6.86. The lowest BCUT2D eigenvalue weighted by atomic mass is 9.52. The molecular formula is C58H70N6O4. The van der Waals surface area contributed by atoms with Gasteiger partial charge in [-0.3, -0.25) is 19.7 Å². The molecule has 10 atom stereocenters. The molecule has 10 nitrogen and oxygen atoms in total. The molecule has 68 heavy (non-hydrogen) atoms. The Morgan fingerprint density at radius 3 is 1.57 bits per heavy atom. The summed E-state index contributed by atoms with van der Waals surface area (Å²) in [6, 6.07) is 0.966. The van der Waals surface area contributed by atoms with Crippen molar-refractivity contribution < 1.29 is 20.1 Å². The summed E-state index contributed by atoms with van der Waals surface area (Å²) in [7, 11) is 0. The highest BCUT2D eigenvalue weighted by atomic mass is 16.3. The number of aromatic nitrogens is 3. The van der Waals surface area contributed by atoms with Gasteiger partial charge < -0.3 is 30.9 Å². The average molecular weight is 915 g/mol. The Morgan fingerprint density at radius 2 is 1.04 bits per heavy atom. The second-order valence-electron chi connectivity index (χ2n) is 24.9. The van der Waals surface area contributed by atoms with Gasteiger partial charge in [-0.05, 0) is 168 Å². The highest BCUT2D eigenvalue weighted by Crippen LogP contribution is 2.61. The first-order valence-electron chi connectivity index (χ1n) is 26.9.